The van der Waals surface area contributed by atoms with Crippen molar-refractivity contribution in [2.45, 2.75) is 26.2 Å². The summed E-state index contributed by atoms with van der Waals surface area (Å²) in [4.78, 5) is 6.09. The highest BCUT2D eigenvalue weighted by molar-refractivity contribution is 9.10. The van der Waals surface area contributed by atoms with E-state index in [9.17, 15) is 0 Å². The van der Waals surface area contributed by atoms with Gasteiger partial charge in [0.05, 0.1) is 26.8 Å². The fourth-order valence-electron chi connectivity index (χ4n) is 2.06. The van der Waals surface area contributed by atoms with Gasteiger partial charge in [0.25, 0.3) is 0 Å². The topological polar surface area (TPSA) is 41.6 Å². The number of benzene rings is 1. The highest BCUT2D eigenvalue weighted by atomic mass is 79.9. The van der Waals surface area contributed by atoms with E-state index < -0.39 is 0 Å². The third-order valence-corrected chi connectivity index (χ3v) is 4.80. The molecule has 0 spiro atoms. The van der Waals surface area contributed by atoms with Gasteiger partial charge >= 0.3 is 0 Å². The zero-order chi connectivity index (χ0) is 14.4. The van der Waals surface area contributed by atoms with Crippen molar-refractivity contribution >= 4 is 50.8 Å². The minimum Gasteiger partial charge on any atom is -0.370 e. The predicted molar refractivity (Wildman–Crippen MR) is 86.7 cm³/mol. The lowest BCUT2D eigenvalue weighted by Crippen LogP contribution is -2.34. The van der Waals surface area contributed by atoms with Crippen LogP contribution in [-0.4, -0.2) is 19.0 Å². The molecule has 2 N–H and O–H groups in total. The van der Waals surface area contributed by atoms with E-state index in [1.54, 1.807) is 0 Å². The standard InChI is InChI=1S/C13H16BrCl2N3/c1-13(2,3)7-6-8(15)9(14)11(10(7)16)19-5-4-18-12(19)17/h6H,4-5H2,1-3H3,(H2,17,18). The second-order valence-electron chi connectivity index (χ2n) is 5.52. The Bertz CT molecular complexity index is 550. The summed E-state index contributed by atoms with van der Waals surface area (Å²) in [6.45, 7) is 7.69. The Morgan fingerprint density at radius 1 is 1.37 bits per heavy atom. The van der Waals surface area contributed by atoms with Crippen LogP contribution in [0.1, 0.15) is 26.3 Å². The van der Waals surface area contributed by atoms with E-state index in [2.05, 4.69) is 41.7 Å². The summed E-state index contributed by atoms with van der Waals surface area (Å²) in [6, 6.07) is 1.90. The van der Waals surface area contributed by atoms with Crippen molar-refractivity contribution < 1.29 is 0 Å². The summed E-state index contributed by atoms with van der Waals surface area (Å²) in [5.74, 6) is 0.477. The monoisotopic (exact) mass is 363 g/mol. The minimum atomic E-state index is -0.0954. The van der Waals surface area contributed by atoms with Crippen LogP contribution in [0.25, 0.3) is 0 Å². The summed E-state index contributed by atoms with van der Waals surface area (Å²) in [6.07, 6.45) is 0. The molecular formula is C13H16BrCl2N3. The number of hydrogen-bond donors (Lipinski definition) is 1. The second kappa shape index (κ2) is 5.15. The Morgan fingerprint density at radius 3 is 2.47 bits per heavy atom. The van der Waals surface area contributed by atoms with Gasteiger partial charge in [-0.05, 0) is 33.0 Å². The first-order valence-electron chi connectivity index (χ1n) is 5.99. The van der Waals surface area contributed by atoms with Crippen LogP contribution in [0.5, 0.6) is 0 Å². The van der Waals surface area contributed by atoms with Crippen molar-refractivity contribution in [1.82, 2.24) is 0 Å². The van der Waals surface area contributed by atoms with E-state index in [1.807, 2.05) is 11.0 Å². The van der Waals surface area contributed by atoms with Crippen LogP contribution in [0.15, 0.2) is 15.5 Å². The maximum Gasteiger partial charge on any atom is 0.196 e. The number of halogens is 3. The second-order valence-corrected chi connectivity index (χ2v) is 7.10. The SMILES string of the molecule is CC(C)(C)c1cc(Cl)c(Br)c(N2CCN=C2N)c1Cl. The number of rotatable bonds is 1. The Morgan fingerprint density at radius 2 is 2.00 bits per heavy atom. The number of nitrogens with two attached hydrogens (primary N) is 1. The maximum atomic E-state index is 6.58. The van der Waals surface area contributed by atoms with Gasteiger partial charge in [0.15, 0.2) is 5.96 Å². The van der Waals surface area contributed by atoms with Crippen LogP contribution in [0.2, 0.25) is 10.0 Å². The Balaban J connectivity index is 2.66. The van der Waals surface area contributed by atoms with E-state index in [1.165, 1.54) is 0 Å². The molecule has 0 aromatic heterocycles. The molecule has 0 radical (unpaired) electrons. The minimum absolute atomic E-state index is 0.0954. The van der Waals surface area contributed by atoms with Gasteiger partial charge in [0.2, 0.25) is 0 Å². The fraction of sp³-hybridized carbons (Fsp3) is 0.462. The molecule has 0 bridgehead atoms. The average Bonchev–Trinajstić information content (AvgIpc) is 2.69. The van der Waals surface area contributed by atoms with E-state index in [0.717, 1.165) is 15.7 Å². The Hall–Kier alpha value is -0.450. The zero-order valence-corrected chi connectivity index (χ0v) is 14.2. The van der Waals surface area contributed by atoms with Gasteiger partial charge < -0.3 is 10.6 Å². The van der Waals surface area contributed by atoms with Gasteiger partial charge in [-0.1, -0.05) is 44.0 Å². The summed E-state index contributed by atoms with van der Waals surface area (Å²) >= 11 is 16.4. The number of anilines is 1. The Kier molecular flexibility index (Phi) is 4.05. The molecule has 1 aliphatic heterocycles. The smallest absolute Gasteiger partial charge is 0.196 e. The summed E-state index contributed by atoms with van der Waals surface area (Å²) in [7, 11) is 0. The molecule has 19 heavy (non-hydrogen) atoms. The summed E-state index contributed by atoms with van der Waals surface area (Å²) < 4.78 is 0.757. The van der Waals surface area contributed by atoms with Crippen molar-refractivity contribution in [3.8, 4) is 0 Å². The highest BCUT2D eigenvalue weighted by Crippen LogP contribution is 2.45. The van der Waals surface area contributed by atoms with Crippen molar-refractivity contribution in [2.24, 2.45) is 10.7 Å². The summed E-state index contributed by atoms with van der Waals surface area (Å²) in [5, 5.41) is 1.30. The molecule has 2 rings (SSSR count). The third kappa shape index (κ3) is 2.71. The van der Waals surface area contributed by atoms with Crippen LogP contribution >= 0.6 is 39.1 Å². The van der Waals surface area contributed by atoms with Gasteiger partial charge in [-0.3, -0.25) is 4.99 Å². The van der Waals surface area contributed by atoms with Crippen LogP contribution in [0.4, 0.5) is 5.69 Å². The van der Waals surface area contributed by atoms with Gasteiger partial charge in [0.1, 0.15) is 0 Å². The quantitative estimate of drug-likeness (QED) is 0.759. The fourth-order valence-corrected chi connectivity index (χ4v) is 3.44. The van der Waals surface area contributed by atoms with Crippen LogP contribution < -0.4 is 10.6 Å². The number of guanidine groups is 1. The Labute approximate surface area is 131 Å². The molecular weight excluding hydrogens is 349 g/mol. The van der Waals surface area contributed by atoms with Crippen molar-refractivity contribution in [2.75, 3.05) is 18.0 Å². The van der Waals surface area contributed by atoms with E-state index in [-0.39, 0.29) is 5.41 Å². The molecule has 1 heterocycles. The van der Waals surface area contributed by atoms with Crippen LogP contribution in [-0.2, 0) is 5.41 Å². The third-order valence-electron chi connectivity index (χ3n) is 3.08. The normalized spacial score (nSPS) is 15.9. The molecule has 0 saturated carbocycles. The van der Waals surface area contributed by atoms with E-state index >= 15 is 0 Å². The molecule has 0 saturated heterocycles. The highest BCUT2D eigenvalue weighted by Gasteiger charge is 2.28. The average molecular weight is 365 g/mol. The molecule has 0 unspecified atom stereocenters. The maximum absolute atomic E-state index is 6.58. The van der Waals surface area contributed by atoms with Gasteiger partial charge in [-0.25, -0.2) is 0 Å². The largest absolute Gasteiger partial charge is 0.370 e. The van der Waals surface area contributed by atoms with Crippen molar-refractivity contribution in [3.63, 3.8) is 0 Å². The van der Waals surface area contributed by atoms with Crippen LogP contribution in [0.3, 0.4) is 0 Å². The first-order chi connectivity index (χ1) is 8.73. The lowest BCUT2D eigenvalue weighted by atomic mass is 9.86. The van der Waals surface area contributed by atoms with E-state index in [4.69, 9.17) is 28.9 Å². The molecule has 0 amide bonds. The predicted octanol–water partition coefficient (Wildman–Crippen LogP) is 4.19. The molecule has 0 fully saturated rings. The zero-order valence-electron chi connectivity index (χ0n) is 11.1. The van der Waals surface area contributed by atoms with E-state index in [0.29, 0.717) is 29.1 Å². The van der Waals surface area contributed by atoms with Crippen molar-refractivity contribution in [3.05, 3.63) is 26.1 Å². The lowest BCUT2D eigenvalue weighted by molar-refractivity contribution is 0.590. The summed E-state index contributed by atoms with van der Waals surface area (Å²) in [5.41, 5.74) is 7.62. The molecule has 1 aliphatic rings. The number of hydrogen-bond acceptors (Lipinski definition) is 3. The molecule has 6 heteroatoms. The molecule has 0 atom stereocenters. The lowest BCUT2D eigenvalue weighted by Gasteiger charge is -2.27. The van der Waals surface area contributed by atoms with Crippen molar-refractivity contribution in [1.29, 1.82) is 0 Å². The molecule has 0 aliphatic carbocycles. The first kappa shape index (κ1) is 14.9. The first-order valence-corrected chi connectivity index (χ1v) is 7.54. The van der Waals surface area contributed by atoms with Gasteiger partial charge in [0, 0.05) is 6.54 Å². The molecule has 3 nitrogen and oxygen atoms in total. The van der Waals surface area contributed by atoms with Gasteiger partial charge in [-0.15, -0.1) is 0 Å². The van der Waals surface area contributed by atoms with Crippen LogP contribution in [0, 0.1) is 0 Å². The molecule has 1 aromatic rings. The number of aliphatic imine (C=N–C) groups is 1. The molecule has 1 aromatic carbocycles. The number of nitrogens with zero attached hydrogens (tertiary/aromatic N) is 2. The van der Waals surface area contributed by atoms with Gasteiger partial charge in [-0.2, -0.15) is 0 Å². The molecule has 104 valence electrons.